The summed E-state index contributed by atoms with van der Waals surface area (Å²) in [5.74, 6) is 8.67. The molecule has 0 saturated carbocycles. The molecule has 1 radical (unpaired) electrons. The van der Waals surface area contributed by atoms with Crippen molar-refractivity contribution >= 4 is 56.5 Å². The molecule has 0 aliphatic heterocycles. The molecule has 10 aromatic rings. The van der Waals surface area contributed by atoms with E-state index < -0.39 is 13.3 Å². The number of imidazole rings is 1. The molecule has 4 aromatic heterocycles. The van der Waals surface area contributed by atoms with Crippen LogP contribution < -0.4 is 4.40 Å². The van der Waals surface area contributed by atoms with Crippen LogP contribution in [0.3, 0.4) is 0 Å². The van der Waals surface area contributed by atoms with E-state index in [2.05, 4.69) is 156 Å². The first-order chi connectivity index (χ1) is 31.0. The molecule has 4 heterocycles. The zero-order chi connectivity index (χ0) is 44.5. The zero-order valence-corrected chi connectivity index (χ0v) is 42.2. The van der Waals surface area contributed by atoms with Crippen LogP contribution in [0, 0.1) is 38.5 Å². The molecule has 0 fully saturated rings. The molecular weight excluding hydrogens is 1040 g/mol. The van der Waals surface area contributed by atoms with Gasteiger partial charge in [0.25, 0.3) is 0 Å². The minimum atomic E-state index is -2.01. The Labute approximate surface area is 398 Å². The molecule has 0 atom stereocenters. The van der Waals surface area contributed by atoms with Crippen LogP contribution in [0.2, 0.25) is 17.3 Å². The minimum absolute atomic E-state index is 0. The van der Waals surface area contributed by atoms with E-state index in [4.69, 9.17) is 21.0 Å². The standard InChI is InChI=1S/C32H20N3.C25H29GeN2O.Ir/c1-33-27-16-10-15-26(21-27)32-34-29-17-8-9-18-31(29)35(32)30-20-19-25(23-11-4-2-5-12-23)22-28(30)24-13-6-3-7-14-24;1-15(2)12-18-13-22(27-14-21(18)26(5,6)7)19-10-8-16(3)23-20-11-9-17(4)28-25(20)29-24(19)23;/h2-14,16-22H;8-9,11,13-15H,12H2,1-7H3;/q2*-1;. The van der Waals surface area contributed by atoms with Crippen LogP contribution >= 0.6 is 0 Å². The predicted molar refractivity (Wildman–Crippen MR) is 267 cm³/mol. The Bertz CT molecular complexity index is 3360. The topological polar surface area (TPSA) is 61.1 Å². The van der Waals surface area contributed by atoms with Crippen LogP contribution in [0.4, 0.5) is 5.69 Å². The van der Waals surface area contributed by atoms with E-state index in [0.717, 1.165) is 90.1 Å². The minimum Gasteiger partial charge on any atom is -0.333 e. The summed E-state index contributed by atoms with van der Waals surface area (Å²) >= 11 is -2.01. The van der Waals surface area contributed by atoms with Gasteiger partial charge in [-0.2, -0.15) is 6.07 Å². The molecule has 0 aliphatic rings. The second-order valence-electron chi connectivity index (χ2n) is 17.8. The molecule has 0 amide bonds. The number of benzene rings is 6. The summed E-state index contributed by atoms with van der Waals surface area (Å²) in [4.78, 5) is 18.1. The average molecular weight is 1080 g/mol. The molecular formula is C57H49GeIrN5O-2. The van der Waals surface area contributed by atoms with Crippen molar-refractivity contribution in [1.82, 2.24) is 19.5 Å². The van der Waals surface area contributed by atoms with Crippen molar-refractivity contribution in [3.63, 3.8) is 0 Å². The monoisotopic (exact) mass is 1090 g/mol. The first-order valence-corrected chi connectivity index (χ1v) is 29.1. The number of aromatic nitrogens is 4. The molecule has 6 aromatic carbocycles. The van der Waals surface area contributed by atoms with Crippen molar-refractivity contribution < 1.29 is 24.5 Å². The van der Waals surface area contributed by atoms with E-state index in [1.165, 1.54) is 15.5 Å². The Morgan fingerprint density at radius 1 is 0.769 bits per heavy atom. The number of hydrogen-bond acceptors (Lipinski definition) is 4. The number of furan rings is 1. The molecule has 0 saturated heterocycles. The summed E-state index contributed by atoms with van der Waals surface area (Å²) in [6.07, 6.45) is 3.20. The number of para-hydroxylation sites is 2. The fraction of sp³-hybridized carbons (Fsp3) is 0.158. The summed E-state index contributed by atoms with van der Waals surface area (Å²) in [7, 11) is 0. The normalized spacial score (nSPS) is 11.4. The van der Waals surface area contributed by atoms with E-state index in [1.54, 1.807) is 12.1 Å². The Morgan fingerprint density at radius 2 is 1.49 bits per heavy atom. The zero-order valence-electron chi connectivity index (χ0n) is 37.7. The van der Waals surface area contributed by atoms with Crippen LogP contribution in [0.15, 0.2) is 156 Å². The molecule has 0 N–H and O–H groups in total. The molecule has 323 valence electrons. The third kappa shape index (κ3) is 9.26. The van der Waals surface area contributed by atoms with E-state index >= 15 is 0 Å². The summed E-state index contributed by atoms with van der Waals surface area (Å²) in [5, 5.41) is 2.17. The third-order valence-corrected chi connectivity index (χ3v) is 15.9. The fourth-order valence-corrected chi connectivity index (χ4v) is 11.9. The van der Waals surface area contributed by atoms with Gasteiger partial charge >= 0.3 is 176 Å². The molecule has 65 heavy (non-hydrogen) atoms. The van der Waals surface area contributed by atoms with Crippen LogP contribution in [0.5, 0.6) is 0 Å². The second kappa shape index (κ2) is 19.0. The summed E-state index contributed by atoms with van der Waals surface area (Å²) in [6.45, 7) is 16.1. The summed E-state index contributed by atoms with van der Waals surface area (Å²) in [5.41, 5.74) is 15.8. The van der Waals surface area contributed by atoms with E-state index in [9.17, 15) is 0 Å². The molecule has 0 bridgehead atoms. The third-order valence-electron chi connectivity index (χ3n) is 11.6. The van der Waals surface area contributed by atoms with Crippen molar-refractivity contribution in [2.75, 3.05) is 0 Å². The van der Waals surface area contributed by atoms with Crippen LogP contribution in [-0.2, 0) is 26.5 Å². The predicted octanol–water partition coefficient (Wildman–Crippen LogP) is 14.6. The Hall–Kier alpha value is -6.43. The van der Waals surface area contributed by atoms with E-state index in [-0.39, 0.29) is 20.1 Å². The largest absolute Gasteiger partial charge is 0.333 e. The summed E-state index contributed by atoms with van der Waals surface area (Å²) in [6, 6.07) is 56.2. The van der Waals surface area contributed by atoms with Crippen molar-refractivity contribution in [2.24, 2.45) is 5.92 Å². The fourth-order valence-electron chi connectivity index (χ4n) is 8.56. The quantitative estimate of drug-likeness (QED) is 0.112. The van der Waals surface area contributed by atoms with Crippen LogP contribution in [-0.4, -0.2) is 32.8 Å². The summed E-state index contributed by atoms with van der Waals surface area (Å²) < 4.78 is 9.93. The van der Waals surface area contributed by atoms with Gasteiger partial charge in [-0.3, -0.25) is 9.83 Å². The number of pyridine rings is 2. The van der Waals surface area contributed by atoms with Gasteiger partial charge in [-0.1, -0.05) is 78.9 Å². The van der Waals surface area contributed by atoms with Crippen LogP contribution in [0.25, 0.3) is 88.5 Å². The molecule has 10 rings (SSSR count). The smallest absolute Gasteiger partial charge is 0.109 e. The van der Waals surface area contributed by atoms with Gasteiger partial charge in [-0.05, 0) is 41.0 Å². The molecule has 8 heteroatoms. The van der Waals surface area contributed by atoms with Gasteiger partial charge < -0.3 is 4.57 Å². The number of hydrogen-bond donors (Lipinski definition) is 0. The SMILES string of the molecule is Cc1ccc2c(n1)oc1c(-c3cc(CC(C)C)[c]([Ge]([CH3])([CH3])[CH3])cn3)[c-]cc(C)c12.[C-]#[N+]c1cc[c-]c(-c2nc3ccccc3n2-c2ccc(-c3ccccc3)cc2-c2ccccc2)c1.[Ir]. The van der Waals surface area contributed by atoms with Gasteiger partial charge in [0.15, 0.2) is 0 Å². The first kappa shape index (κ1) is 45.2. The Kier molecular flexibility index (Phi) is 13.2. The first-order valence-electron chi connectivity index (χ1n) is 21.8. The van der Waals surface area contributed by atoms with Crippen molar-refractivity contribution in [2.45, 2.75) is 51.4 Å². The van der Waals surface area contributed by atoms with Gasteiger partial charge in [-0.25, -0.2) is 0 Å². The van der Waals surface area contributed by atoms with Crippen molar-refractivity contribution in [3.05, 3.63) is 192 Å². The number of rotatable bonds is 8. The van der Waals surface area contributed by atoms with E-state index in [1.807, 2.05) is 55.5 Å². The van der Waals surface area contributed by atoms with Crippen molar-refractivity contribution in [1.29, 1.82) is 0 Å². The Balaban J connectivity index is 0.000000178. The molecule has 0 unspecified atom stereocenters. The van der Waals surface area contributed by atoms with Gasteiger partial charge in [0.1, 0.15) is 5.69 Å². The number of nitrogens with zero attached hydrogens (tertiary/aromatic N) is 5. The maximum absolute atomic E-state index is 7.46. The molecule has 6 nitrogen and oxygen atoms in total. The van der Waals surface area contributed by atoms with Crippen molar-refractivity contribution in [3.8, 4) is 50.6 Å². The van der Waals surface area contributed by atoms with Gasteiger partial charge in [0, 0.05) is 31.4 Å². The molecule has 0 spiro atoms. The van der Waals surface area contributed by atoms with Gasteiger partial charge in [-0.15, -0.1) is 23.8 Å². The maximum atomic E-state index is 7.46. The second-order valence-corrected chi connectivity index (χ2v) is 28.4. The van der Waals surface area contributed by atoms with Crippen LogP contribution in [0.1, 0.15) is 30.7 Å². The maximum Gasteiger partial charge on any atom is 0.109 e. The van der Waals surface area contributed by atoms with Gasteiger partial charge in [0.05, 0.1) is 23.4 Å². The van der Waals surface area contributed by atoms with Gasteiger partial charge in [0.2, 0.25) is 0 Å². The molecule has 0 aliphatic carbocycles. The Morgan fingerprint density at radius 3 is 2.22 bits per heavy atom. The van der Waals surface area contributed by atoms with E-state index in [0.29, 0.717) is 17.3 Å². The number of aryl methyl sites for hydroxylation is 2. The number of fused-ring (bicyclic) bond motifs is 4. The average Bonchev–Trinajstić information content (AvgIpc) is 3.89.